The summed E-state index contributed by atoms with van der Waals surface area (Å²) in [6.07, 6.45) is 9.30. The summed E-state index contributed by atoms with van der Waals surface area (Å²) in [5.74, 6) is 7.24. The molecule has 0 aromatic carbocycles. The molecule has 19 heavy (non-hydrogen) atoms. The van der Waals surface area contributed by atoms with E-state index >= 15 is 0 Å². The monoisotopic (exact) mass is 268 g/mol. The zero-order chi connectivity index (χ0) is 14.1. The first kappa shape index (κ1) is 15.3. The maximum atomic E-state index is 6.23. The van der Waals surface area contributed by atoms with E-state index in [9.17, 15) is 0 Å². The van der Waals surface area contributed by atoms with Crippen molar-refractivity contribution >= 4 is 0 Å². The molecule has 2 atom stereocenters. The zero-order valence-corrected chi connectivity index (χ0v) is 13.2. The van der Waals surface area contributed by atoms with Gasteiger partial charge in [0.05, 0.1) is 11.2 Å². The van der Waals surface area contributed by atoms with E-state index in [1.165, 1.54) is 38.5 Å². The van der Waals surface area contributed by atoms with Crippen LogP contribution >= 0.6 is 0 Å². The van der Waals surface area contributed by atoms with Gasteiger partial charge in [0.2, 0.25) is 0 Å². The first-order valence-electron chi connectivity index (χ1n) is 8.00. The van der Waals surface area contributed by atoms with Crippen LogP contribution in [0, 0.1) is 11.8 Å². The number of nitrogens with one attached hydrogen (secondary N) is 1. The summed E-state index contributed by atoms with van der Waals surface area (Å²) < 4.78 is 6.23. The number of rotatable bonds is 4. The molecule has 2 unspecified atom stereocenters. The fourth-order valence-electron chi connectivity index (χ4n) is 4.36. The lowest BCUT2D eigenvalue weighted by molar-refractivity contribution is -0.0784. The Labute approximate surface area is 118 Å². The fourth-order valence-corrected chi connectivity index (χ4v) is 4.36. The molecule has 3 heteroatoms. The Hall–Kier alpha value is -0.120. The highest BCUT2D eigenvalue weighted by molar-refractivity contribution is 4.99. The third kappa shape index (κ3) is 3.71. The zero-order valence-electron chi connectivity index (χ0n) is 13.2. The third-order valence-electron chi connectivity index (χ3n) is 5.16. The van der Waals surface area contributed by atoms with Crippen LogP contribution in [-0.2, 0) is 4.74 Å². The van der Waals surface area contributed by atoms with Crippen molar-refractivity contribution in [1.29, 1.82) is 0 Å². The molecule has 0 radical (unpaired) electrons. The molecule has 0 aromatic rings. The molecule has 1 heterocycles. The molecule has 3 N–H and O–H groups in total. The van der Waals surface area contributed by atoms with E-state index in [0.29, 0.717) is 12.0 Å². The van der Waals surface area contributed by atoms with E-state index in [2.05, 4.69) is 33.1 Å². The first-order valence-corrected chi connectivity index (χ1v) is 8.00. The molecule has 0 amide bonds. The molecule has 2 aliphatic rings. The summed E-state index contributed by atoms with van der Waals surface area (Å²) in [5.41, 5.74) is 3.01. The summed E-state index contributed by atoms with van der Waals surface area (Å²) in [5, 5.41) is 0. The van der Waals surface area contributed by atoms with Crippen molar-refractivity contribution in [1.82, 2.24) is 5.43 Å². The summed E-state index contributed by atoms with van der Waals surface area (Å²) in [6, 6.07) is 0.389. The van der Waals surface area contributed by atoms with Crippen LogP contribution in [0.15, 0.2) is 0 Å². The Morgan fingerprint density at radius 2 is 1.79 bits per heavy atom. The predicted molar refractivity (Wildman–Crippen MR) is 79.7 cm³/mol. The number of ether oxygens (including phenoxy) is 1. The SMILES string of the molecule is CC1(C)CC(C(CC2CCCCC2)NN)C(C)(C)O1. The molecule has 0 aromatic heterocycles. The van der Waals surface area contributed by atoms with Gasteiger partial charge in [-0.2, -0.15) is 0 Å². The van der Waals surface area contributed by atoms with Crippen LogP contribution in [0.4, 0.5) is 0 Å². The minimum Gasteiger partial charge on any atom is -0.369 e. The van der Waals surface area contributed by atoms with Crippen molar-refractivity contribution in [3.63, 3.8) is 0 Å². The predicted octanol–water partition coefficient (Wildman–Crippen LogP) is 3.38. The first-order chi connectivity index (χ1) is 8.84. The normalized spacial score (nSPS) is 32.4. The van der Waals surface area contributed by atoms with Gasteiger partial charge in [-0.3, -0.25) is 11.3 Å². The number of hydrogen-bond donors (Lipinski definition) is 2. The van der Waals surface area contributed by atoms with E-state index in [1.54, 1.807) is 0 Å². The molecule has 0 bridgehead atoms. The highest BCUT2D eigenvalue weighted by Crippen LogP contribution is 2.45. The summed E-state index contributed by atoms with van der Waals surface area (Å²) in [7, 11) is 0. The van der Waals surface area contributed by atoms with E-state index in [1.807, 2.05) is 0 Å². The average molecular weight is 268 g/mol. The molecule has 2 rings (SSSR count). The van der Waals surface area contributed by atoms with Gasteiger partial charge in [-0.1, -0.05) is 32.1 Å². The van der Waals surface area contributed by atoms with Gasteiger partial charge >= 0.3 is 0 Å². The quantitative estimate of drug-likeness (QED) is 0.607. The number of hydrogen-bond acceptors (Lipinski definition) is 3. The Morgan fingerprint density at radius 3 is 2.26 bits per heavy atom. The van der Waals surface area contributed by atoms with Crippen LogP contribution in [0.25, 0.3) is 0 Å². The number of nitrogens with two attached hydrogens (primary N) is 1. The second kappa shape index (κ2) is 5.71. The maximum absolute atomic E-state index is 6.23. The molecular weight excluding hydrogens is 236 g/mol. The molecule has 112 valence electrons. The molecule has 1 aliphatic carbocycles. The van der Waals surface area contributed by atoms with Crippen LogP contribution in [0.1, 0.15) is 72.6 Å². The summed E-state index contributed by atoms with van der Waals surface area (Å²) >= 11 is 0. The second-order valence-corrected chi connectivity index (χ2v) is 7.79. The lowest BCUT2D eigenvalue weighted by Crippen LogP contribution is -2.48. The molecule has 0 spiro atoms. The Bertz CT molecular complexity index is 295. The molecule has 3 nitrogen and oxygen atoms in total. The van der Waals surface area contributed by atoms with E-state index in [0.717, 1.165) is 12.3 Å². The minimum absolute atomic E-state index is 0.0180. The minimum atomic E-state index is -0.0742. The molecular formula is C16H32N2O. The van der Waals surface area contributed by atoms with Gasteiger partial charge in [0.25, 0.3) is 0 Å². The largest absolute Gasteiger partial charge is 0.369 e. The average Bonchev–Trinajstić information content (AvgIpc) is 2.55. The highest BCUT2D eigenvalue weighted by Gasteiger charge is 2.49. The van der Waals surface area contributed by atoms with Crippen LogP contribution in [0.5, 0.6) is 0 Å². The lowest BCUT2D eigenvalue weighted by atomic mass is 9.76. The Morgan fingerprint density at radius 1 is 1.16 bits per heavy atom. The number of hydrazine groups is 1. The van der Waals surface area contributed by atoms with Gasteiger partial charge < -0.3 is 4.74 Å². The summed E-state index contributed by atoms with van der Waals surface area (Å²) in [6.45, 7) is 8.83. The Balaban J connectivity index is 2.00. The van der Waals surface area contributed by atoms with Crippen molar-refractivity contribution in [3.8, 4) is 0 Å². The van der Waals surface area contributed by atoms with Crippen molar-refractivity contribution in [2.75, 3.05) is 0 Å². The van der Waals surface area contributed by atoms with Gasteiger partial charge in [0.1, 0.15) is 0 Å². The van der Waals surface area contributed by atoms with Gasteiger partial charge in [-0.15, -0.1) is 0 Å². The van der Waals surface area contributed by atoms with Crippen LogP contribution in [-0.4, -0.2) is 17.2 Å². The van der Waals surface area contributed by atoms with Gasteiger partial charge in [-0.25, -0.2) is 0 Å². The highest BCUT2D eigenvalue weighted by atomic mass is 16.5. The van der Waals surface area contributed by atoms with Crippen LogP contribution in [0.3, 0.4) is 0 Å². The van der Waals surface area contributed by atoms with Crippen LogP contribution in [0.2, 0.25) is 0 Å². The van der Waals surface area contributed by atoms with E-state index in [4.69, 9.17) is 10.6 Å². The lowest BCUT2D eigenvalue weighted by Gasteiger charge is -2.35. The summed E-state index contributed by atoms with van der Waals surface area (Å²) in [4.78, 5) is 0. The second-order valence-electron chi connectivity index (χ2n) is 7.79. The van der Waals surface area contributed by atoms with Gasteiger partial charge in [0, 0.05) is 12.0 Å². The standard InChI is InChI=1S/C16H32N2O/c1-15(2)11-13(16(3,4)19-15)14(18-17)10-12-8-6-5-7-9-12/h12-14,18H,5-11,17H2,1-4H3. The Kier molecular flexibility index (Phi) is 4.59. The topological polar surface area (TPSA) is 47.3 Å². The third-order valence-corrected chi connectivity index (χ3v) is 5.16. The van der Waals surface area contributed by atoms with Crippen molar-refractivity contribution < 1.29 is 4.74 Å². The molecule has 1 aliphatic heterocycles. The van der Waals surface area contributed by atoms with Crippen molar-refractivity contribution in [3.05, 3.63) is 0 Å². The fraction of sp³-hybridized carbons (Fsp3) is 1.00. The van der Waals surface area contributed by atoms with Crippen molar-refractivity contribution in [2.24, 2.45) is 17.7 Å². The smallest absolute Gasteiger partial charge is 0.0678 e. The molecule has 2 fully saturated rings. The van der Waals surface area contributed by atoms with Crippen LogP contribution < -0.4 is 11.3 Å². The maximum Gasteiger partial charge on any atom is 0.0678 e. The van der Waals surface area contributed by atoms with Gasteiger partial charge in [-0.05, 0) is 46.5 Å². The van der Waals surface area contributed by atoms with Gasteiger partial charge in [0.15, 0.2) is 0 Å². The van der Waals surface area contributed by atoms with E-state index in [-0.39, 0.29) is 11.2 Å². The molecule has 1 saturated heterocycles. The molecule has 1 saturated carbocycles. The van der Waals surface area contributed by atoms with E-state index < -0.39 is 0 Å². The van der Waals surface area contributed by atoms with Crippen molar-refractivity contribution in [2.45, 2.75) is 89.9 Å².